The van der Waals surface area contributed by atoms with Gasteiger partial charge in [0.2, 0.25) is 11.8 Å². The molecular formula is C21H21N3O3. The molecule has 0 spiro atoms. The van der Waals surface area contributed by atoms with Gasteiger partial charge in [-0.3, -0.25) is 9.59 Å². The summed E-state index contributed by atoms with van der Waals surface area (Å²) in [6.45, 7) is 6.37. The van der Waals surface area contributed by atoms with Gasteiger partial charge in [0.15, 0.2) is 11.5 Å². The summed E-state index contributed by atoms with van der Waals surface area (Å²) in [7, 11) is 0. The molecule has 138 valence electrons. The Morgan fingerprint density at radius 3 is 2.74 bits per heavy atom. The Labute approximate surface area is 157 Å². The van der Waals surface area contributed by atoms with E-state index in [0.29, 0.717) is 35.6 Å². The van der Waals surface area contributed by atoms with Gasteiger partial charge >= 0.3 is 0 Å². The zero-order chi connectivity index (χ0) is 19.1. The van der Waals surface area contributed by atoms with Crippen molar-refractivity contribution in [3.05, 3.63) is 53.4 Å². The van der Waals surface area contributed by atoms with Gasteiger partial charge in [-0.2, -0.15) is 0 Å². The first-order valence-electron chi connectivity index (χ1n) is 8.99. The lowest BCUT2D eigenvalue weighted by Gasteiger charge is -2.18. The third-order valence-corrected chi connectivity index (χ3v) is 5.09. The minimum atomic E-state index is -0.679. The van der Waals surface area contributed by atoms with E-state index in [4.69, 9.17) is 4.42 Å². The van der Waals surface area contributed by atoms with Crippen molar-refractivity contribution in [2.75, 3.05) is 16.8 Å². The maximum atomic E-state index is 12.8. The predicted molar refractivity (Wildman–Crippen MR) is 104 cm³/mol. The Morgan fingerprint density at radius 2 is 1.96 bits per heavy atom. The molecule has 0 aliphatic carbocycles. The number of nitrogens with zero attached hydrogens (tertiary/aromatic N) is 2. The first kappa shape index (κ1) is 17.3. The van der Waals surface area contributed by atoms with Crippen LogP contribution in [0.4, 0.5) is 11.4 Å². The van der Waals surface area contributed by atoms with E-state index in [1.165, 1.54) is 5.56 Å². The molecule has 4 rings (SSSR count). The number of fused-ring (bicyclic) bond motifs is 1. The molecule has 1 aliphatic rings. The molecule has 6 heteroatoms. The van der Waals surface area contributed by atoms with Crippen LogP contribution in [0.25, 0.3) is 11.1 Å². The molecule has 6 nitrogen and oxygen atoms in total. The van der Waals surface area contributed by atoms with Gasteiger partial charge in [0.05, 0.1) is 0 Å². The standard InChI is InChI=1S/C21H21N3O3/c1-12-4-6-16(10-13(12)2)24-9-8-17(21(24)26)20(25)23-15-5-7-19-18(11-15)22-14(3)27-19/h4-7,10-11,17H,8-9H2,1-3H3,(H,23,25). The second-order valence-corrected chi connectivity index (χ2v) is 7.00. The molecule has 1 saturated heterocycles. The van der Waals surface area contributed by atoms with Crippen molar-refractivity contribution in [3.8, 4) is 0 Å². The van der Waals surface area contributed by atoms with Gasteiger partial charge in [-0.15, -0.1) is 0 Å². The van der Waals surface area contributed by atoms with Crippen LogP contribution in [-0.2, 0) is 9.59 Å². The highest BCUT2D eigenvalue weighted by molar-refractivity contribution is 6.13. The highest BCUT2D eigenvalue weighted by Crippen LogP contribution is 2.28. The molecule has 1 atom stereocenters. The van der Waals surface area contributed by atoms with E-state index in [2.05, 4.69) is 10.3 Å². The summed E-state index contributed by atoms with van der Waals surface area (Å²) >= 11 is 0. The highest BCUT2D eigenvalue weighted by Gasteiger charge is 2.37. The van der Waals surface area contributed by atoms with Crippen molar-refractivity contribution in [2.45, 2.75) is 27.2 Å². The Morgan fingerprint density at radius 1 is 1.15 bits per heavy atom. The topological polar surface area (TPSA) is 75.4 Å². The first-order valence-corrected chi connectivity index (χ1v) is 8.99. The first-order chi connectivity index (χ1) is 12.9. The summed E-state index contributed by atoms with van der Waals surface area (Å²) in [5.41, 5.74) is 5.11. The molecule has 1 fully saturated rings. The van der Waals surface area contributed by atoms with E-state index in [-0.39, 0.29) is 11.8 Å². The summed E-state index contributed by atoms with van der Waals surface area (Å²) in [4.78, 5) is 31.4. The van der Waals surface area contributed by atoms with Gasteiger partial charge < -0.3 is 14.6 Å². The number of oxazole rings is 1. The summed E-state index contributed by atoms with van der Waals surface area (Å²) in [6, 6.07) is 11.2. The molecule has 0 radical (unpaired) electrons. The van der Waals surface area contributed by atoms with Gasteiger partial charge in [0.25, 0.3) is 0 Å². The number of hydrogen-bond acceptors (Lipinski definition) is 4. The van der Waals surface area contributed by atoms with Crippen molar-refractivity contribution in [1.29, 1.82) is 0 Å². The Hall–Kier alpha value is -3.15. The Balaban J connectivity index is 1.50. The van der Waals surface area contributed by atoms with Crippen molar-refractivity contribution in [1.82, 2.24) is 4.98 Å². The summed E-state index contributed by atoms with van der Waals surface area (Å²) in [6.07, 6.45) is 0.503. The van der Waals surface area contributed by atoms with Crippen molar-refractivity contribution in [3.63, 3.8) is 0 Å². The number of nitrogens with one attached hydrogen (secondary N) is 1. The summed E-state index contributed by atoms with van der Waals surface area (Å²) in [5, 5.41) is 2.84. The normalized spacial score (nSPS) is 16.9. The number of carbonyl (C=O) groups is 2. The number of aromatic nitrogens is 1. The zero-order valence-corrected chi connectivity index (χ0v) is 15.6. The summed E-state index contributed by atoms with van der Waals surface area (Å²) in [5.74, 6) is -0.551. The number of benzene rings is 2. The molecule has 27 heavy (non-hydrogen) atoms. The van der Waals surface area contributed by atoms with Gasteiger partial charge in [0, 0.05) is 24.8 Å². The average molecular weight is 363 g/mol. The molecule has 1 aliphatic heterocycles. The average Bonchev–Trinajstić information content (AvgIpc) is 3.18. The molecule has 1 unspecified atom stereocenters. The molecular weight excluding hydrogens is 342 g/mol. The van der Waals surface area contributed by atoms with Crippen LogP contribution in [0.1, 0.15) is 23.4 Å². The largest absolute Gasteiger partial charge is 0.441 e. The number of aryl methyl sites for hydroxylation is 3. The lowest BCUT2D eigenvalue weighted by Crippen LogP contribution is -2.33. The van der Waals surface area contributed by atoms with E-state index in [9.17, 15) is 9.59 Å². The van der Waals surface area contributed by atoms with E-state index < -0.39 is 5.92 Å². The van der Waals surface area contributed by atoms with Crippen molar-refractivity contribution in [2.24, 2.45) is 5.92 Å². The van der Waals surface area contributed by atoms with Crippen LogP contribution in [0.15, 0.2) is 40.8 Å². The highest BCUT2D eigenvalue weighted by atomic mass is 16.3. The molecule has 2 heterocycles. The van der Waals surface area contributed by atoms with Gasteiger partial charge in [0.1, 0.15) is 11.4 Å². The second kappa shape index (κ2) is 6.54. The molecule has 2 aromatic carbocycles. The number of anilines is 2. The monoisotopic (exact) mass is 363 g/mol. The van der Waals surface area contributed by atoms with E-state index in [1.54, 1.807) is 30.0 Å². The molecule has 2 amide bonds. The van der Waals surface area contributed by atoms with Crippen LogP contribution in [0.5, 0.6) is 0 Å². The van der Waals surface area contributed by atoms with Crippen molar-refractivity contribution < 1.29 is 14.0 Å². The third-order valence-electron chi connectivity index (χ3n) is 5.09. The van der Waals surface area contributed by atoms with Crippen LogP contribution >= 0.6 is 0 Å². The fourth-order valence-corrected chi connectivity index (χ4v) is 3.42. The minimum absolute atomic E-state index is 0.158. The number of amides is 2. The lowest BCUT2D eigenvalue weighted by atomic mass is 10.1. The second-order valence-electron chi connectivity index (χ2n) is 7.00. The fourth-order valence-electron chi connectivity index (χ4n) is 3.42. The molecule has 3 aromatic rings. The molecule has 1 aromatic heterocycles. The number of hydrogen-bond donors (Lipinski definition) is 1. The SMILES string of the molecule is Cc1nc2cc(NC(=O)C3CCN(c4ccc(C)c(C)c4)C3=O)ccc2o1. The van der Waals surface area contributed by atoms with E-state index >= 15 is 0 Å². The third kappa shape index (κ3) is 3.18. The molecule has 1 N–H and O–H groups in total. The van der Waals surface area contributed by atoms with E-state index in [0.717, 1.165) is 11.3 Å². The number of carbonyl (C=O) groups excluding carboxylic acids is 2. The smallest absolute Gasteiger partial charge is 0.239 e. The van der Waals surface area contributed by atoms with Crippen LogP contribution < -0.4 is 10.2 Å². The van der Waals surface area contributed by atoms with Gasteiger partial charge in [-0.05, 0) is 61.7 Å². The van der Waals surface area contributed by atoms with Crippen molar-refractivity contribution >= 4 is 34.3 Å². The minimum Gasteiger partial charge on any atom is -0.441 e. The zero-order valence-electron chi connectivity index (χ0n) is 15.6. The van der Waals surface area contributed by atoms with Gasteiger partial charge in [-0.25, -0.2) is 4.98 Å². The lowest BCUT2D eigenvalue weighted by molar-refractivity contribution is -0.129. The predicted octanol–water partition coefficient (Wildman–Crippen LogP) is 3.74. The molecule has 0 bridgehead atoms. The number of rotatable bonds is 3. The van der Waals surface area contributed by atoms with Crippen LogP contribution in [0.2, 0.25) is 0 Å². The summed E-state index contributed by atoms with van der Waals surface area (Å²) < 4.78 is 5.44. The maximum Gasteiger partial charge on any atom is 0.239 e. The van der Waals surface area contributed by atoms with Crippen LogP contribution in [0, 0.1) is 26.7 Å². The van der Waals surface area contributed by atoms with Crippen LogP contribution in [0.3, 0.4) is 0 Å². The Kier molecular flexibility index (Phi) is 4.18. The van der Waals surface area contributed by atoms with Crippen LogP contribution in [-0.4, -0.2) is 23.3 Å². The molecule has 0 saturated carbocycles. The Bertz CT molecular complexity index is 1050. The maximum absolute atomic E-state index is 12.8. The van der Waals surface area contributed by atoms with E-state index in [1.807, 2.05) is 32.0 Å². The fraction of sp³-hybridized carbons (Fsp3) is 0.286. The quantitative estimate of drug-likeness (QED) is 0.719. The van der Waals surface area contributed by atoms with Gasteiger partial charge in [-0.1, -0.05) is 6.07 Å².